The van der Waals surface area contributed by atoms with Gasteiger partial charge in [0.25, 0.3) is 0 Å². The SMILES string of the molecule is O=C(O)CCN(Cc1cccnc1)C(=O)C1CC1. The van der Waals surface area contributed by atoms with Crippen LogP contribution in [0.4, 0.5) is 0 Å². The Morgan fingerprint density at radius 2 is 2.22 bits per heavy atom. The number of hydrogen-bond donors (Lipinski definition) is 1. The molecule has 1 fully saturated rings. The Bertz CT molecular complexity index is 429. The van der Waals surface area contributed by atoms with Crippen molar-refractivity contribution in [2.24, 2.45) is 5.92 Å². The largest absolute Gasteiger partial charge is 0.481 e. The number of pyridine rings is 1. The molecule has 0 saturated heterocycles. The first kappa shape index (κ1) is 12.5. The Labute approximate surface area is 105 Å². The van der Waals surface area contributed by atoms with Crippen LogP contribution in [0.25, 0.3) is 0 Å². The van der Waals surface area contributed by atoms with E-state index in [1.165, 1.54) is 0 Å². The maximum Gasteiger partial charge on any atom is 0.305 e. The third-order valence-corrected chi connectivity index (χ3v) is 2.93. The van der Waals surface area contributed by atoms with Gasteiger partial charge in [-0.25, -0.2) is 0 Å². The minimum atomic E-state index is -0.880. The number of carboxylic acids is 1. The van der Waals surface area contributed by atoms with Crippen molar-refractivity contribution < 1.29 is 14.7 Å². The van der Waals surface area contributed by atoms with Crippen LogP contribution in [0.5, 0.6) is 0 Å². The molecule has 1 heterocycles. The number of rotatable bonds is 6. The molecule has 0 spiro atoms. The van der Waals surface area contributed by atoms with Crippen LogP contribution in [0.1, 0.15) is 24.8 Å². The van der Waals surface area contributed by atoms with Crippen molar-refractivity contribution in [3.05, 3.63) is 30.1 Å². The van der Waals surface area contributed by atoms with Gasteiger partial charge in [0, 0.05) is 31.4 Å². The zero-order valence-corrected chi connectivity index (χ0v) is 10.1. The standard InChI is InChI=1S/C13H16N2O3/c16-12(17)5-7-15(13(18)11-3-4-11)9-10-2-1-6-14-8-10/h1-2,6,8,11H,3-5,7,9H2,(H,16,17). The summed E-state index contributed by atoms with van der Waals surface area (Å²) in [6.45, 7) is 0.704. The average molecular weight is 248 g/mol. The highest BCUT2D eigenvalue weighted by Gasteiger charge is 2.33. The van der Waals surface area contributed by atoms with Gasteiger partial charge in [-0.15, -0.1) is 0 Å². The number of carbonyl (C=O) groups is 2. The quantitative estimate of drug-likeness (QED) is 0.823. The van der Waals surface area contributed by atoms with Gasteiger partial charge in [0.05, 0.1) is 6.42 Å². The molecule has 0 atom stereocenters. The average Bonchev–Trinajstić information content (AvgIpc) is 3.19. The molecule has 0 aromatic carbocycles. The zero-order valence-electron chi connectivity index (χ0n) is 10.1. The molecule has 1 aliphatic rings. The van der Waals surface area contributed by atoms with Crippen LogP contribution < -0.4 is 0 Å². The van der Waals surface area contributed by atoms with Crippen molar-refractivity contribution >= 4 is 11.9 Å². The number of carboxylic acid groups (broad SMARTS) is 1. The number of aromatic nitrogens is 1. The molecular weight excluding hydrogens is 232 g/mol. The highest BCUT2D eigenvalue weighted by atomic mass is 16.4. The van der Waals surface area contributed by atoms with Crippen LogP contribution in [0.2, 0.25) is 0 Å². The van der Waals surface area contributed by atoms with Gasteiger partial charge in [-0.2, -0.15) is 0 Å². The normalized spacial score (nSPS) is 14.2. The molecule has 1 amide bonds. The van der Waals surface area contributed by atoms with Crippen molar-refractivity contribution in [2.45, 2.75) is 25.8 Å². The Morgan fingerprint density at radius 1 is 1.44 bits per heavy atom. The number of hydrogen-bond acceptors (Lipinski definition) is 3. The molecule has 1 aliphatic carbocycles. The lowest BCUT2D eigenvalue weighted by molar-refractivity contribution is -0.139. The van der Waals surface area contributed by atoms with Crippen molar-refractivity contribution in [1.29, 1.82) is 0 Å². The van der Waals surface area contributed by atoms with Crippen LogP contribution in [0.3, 0.4) is 0 Å². The molecule has 0 radical (unpaired) electrons. The lowest BCUT2D eigenvalue weighted by Gasteiger charge is -2.21. The van der Waals surface area contributed by atoms with E-state index in [-0.39, 0.29) is 24.8 Å². The van der Waals surface area contributed by atoms with E-state index in [4.69, 9.17) is 5.11 Å². The summed E-state index contributed by atoms with van der Waals surface area (Å²) in [5.41, 5.74) is 0.928. The van der Waals surface area contributed by atoms with Gasteiger partial charge in [-0.05, 0) is 24.5 Å². The minimum absolute atomic E-state index is 0.0152. The van der Waals surface area contributed by atoms with E-state index in [1.807, 2.05) is 12.1 Å². The van der Waals surface area contributed by atoms with Crippen molar-refractivity contribution in [3.8, 4) is 0 Å². The lowest BCUT2D eigenvalue weighted by Crippen LogP contribution is -2.33. The second kappa shape index (κ2) is 5.62. The number of nitrogens with zero attached hydrogens (tertiary/aromatic N) is 2. The second-order valence-electron chi connectivity index (χ2n) is 4.54. The van der Waals surface area contributed by atoms with Gasteiger partial charge < -0.3 is 10.0 Å². The molecule has 18 heavy (non-hydrogen) atoms. The molecule has 5 heteroatoms. The molecule has 96 valence electrons. The zero-order chi connectivity index (χ0) is 13.0. The van der Waals surface area contributed by atoms with E-state index < -0.39 is 5.97 Å². The topological polar surface area (TPSA) is 70.5 Å². The Kier molecular flexibility index (Phi) is 3.92. The second-order valence-corrected chi connectivity index (χ2v) is 4.54. The third kappa shape index (κ3) is 3.55. The van der Waals surface area contributed by atoms with Crippen LogP contribution in [-0.4, -0.2) is 33.4 Å². The highest BCUT2D eigenvalue weighted by molar-refractivity contribution is 5.81. The van der Waals surface area contributed by atoms with Crippen LogP contribution in [-0.2, 0) is 16.1 Å². The number of amides is 1. The molecule has 1 aromatic heterocycles. The predicted molar refractivity (Wildman–Crippen MR) is 64.6 cm³/mol. The summed E-state index contributed by atoms with van der Waals surface area (Å²) in [6.07, 6.45) is 5.21. The van der Waals surface area contributed by atoms with E-state index in [9.17, 15) is 9.59 Å². The number of aliphatic carboxylic acids is 1. The van der Waals surface area contributed by atoms with Crippen molar-refractivity contribution in [1.82, 2.24) is 9.88 Å². The van der Waals surface area contributed by atoms with Gasteiger partial charge >= 0.3 is 5.97 Å². The first-order valence-corrected chi connectivity index (χ1v) is 6.06. The fourth-order valence-corrected chi connectivity index (χ4v) is 1.80. The monoisotopic (exact) mass is 248 g/mol. The maximum absolute atomic E-state index is 12.0. The number of carbonyl (C=O) groups excluding carboxylic acids is 1. The van der Waals surface area contributed by atoms with Gasteiger partial charge in [-0.3, -0.25) is 14.6 Å². The van der Waals surface area contributed by atoms with Gasteiger partial charge in [0.15, 0.2) is 0 Å². The van der Waals surface area contributed by atoms with Gasteiger partial charge in [0.2, 0.25) is 5.91 Å². The Balaban J connectivity index is 1.99. The smallest absolute Gasteiger partial charge is 0.305 e. The molecule has 1 aromatic rings. The molecule has 5 nitrogen and oxygen atoms in total. The lowest BCUT2D eigenvalue weighted by atomic mass is 10.2. The first-order valence-electron chi connectivity index (χ1n) is 6.06. The highest BCUT2D eigenvalue weighted by Crippen LogP contribution is 2.31. The minimum Gasteiger partial charge on any atom is -0.481 e. The van der Waals surface area contributed by atoms with E-state index in [1.54, 1.807) is 17.3 Å². The van der Waals surface area contributed by atoms with E-state index in [0.717, 1.165) is 18.4 Å². The fraction of sp³-hybridized carbons (Fsp3) is 0.462. The summed E-state index contributed by atoms with van der Waals surface area (Å²) in [5, 5.41) is 8.71. The predicted octanol–water partition coefficient (Wildman–Crippen LogP) is 1.29. The van der Waals surface area contributed by atoms with Crippen LogP contribution in [0, 0.1) is 5.92 Å². The van der Waals surface area contributed by atoms with Crippen molar-refractivity contribution in [3.63, 3.8) is 0 Å². The first-order chi connectivity index (χ1) is 8.66. The molecule has 1 N–H and O–H groups in total. The summed E-state index contributed by atoms with van der Waals surface area (Å²) in [5.74, 6) is -0.703. The van der Waals surface area contributed by atoms with E-state index >= 15 is 0 Å². The van der Waals surface area contributed by atoms with Gasteiger partial charge in [0.1, 0.15) is 0 Å². The van der Waals surface area contributed by atoms with E-state index in [0.29, 0.717) is 6.54 Å². The molecule has 0 unspecified atom stereocenters. The van der Waals surface area contributed by atoms with Crippen LogP contribution in [0.15, 0.2) is 24.5 Å². The summed E-state index contributed by atoms with van der Waals surface area (Å²) in [6, 6.07) is 3.70. The molecule has 0 bridgehead atoms. The fourth-order valence-electron chi connectivity index (χ4n) is 1.80. The molecule has 1 saturated carbocycles. The van der Waals surface area contributed by atoms with E-state index in [2.05, 4.69) is 4.98 Å². The van der Waals surface area contributed by atoms with Gasteiger partial charge in [-0.1, -0.05) is 6.07 Å². The Morgan fingerprint density at radius 3 is 2.78 bits per heavy atom. The molecular formula is C13H16N2O3. The summed E-state index contributed by atoms with van der Waals surface area (Å²) in [4.78, 5) is 28.3. The van der Waals surface area contributed by atoms with Crippen molar-refractivity contribution in [2.75, 3.05) is 6.54 Å². The summed E-state index contributed by atoms with van der Waals surface area (Å²) in [7, 11) is 0. The Hall–Kier alpha value is -1.91. The molecule has 2 rings (SSSR count). The maximum atomic E-state index is 12.0. The molecule has 0 aliphatic heterocycles. The summed E-state index contributed by atoms with van der Waals surface area (Å²) < 4.78 is 0. The third-order valence-electron chi connectivity index (χ3n) is 2.93. The van der Waals surface area contributed by atoms with Crippen LogP contribution >= 0.6 is 0 Å². The summed E-state index contributed by atoms with van der Waals surface area (Å²) >= 11 is 0.